The number of piperidine rings is 1. The lowest BCUT2D eigenvalue weighted by Gasteiger charge is -2.34. The van der Waals surface area contributed by atoms with Gasteiger partial charge >= 0.3 is 0 Å². The zero-order valence-corrected chi connectivity index (χ0v) is 10.9. The molecule has 1 heterocycles. The van der Waals surface area contributed by atoms with Gasteiger partial charge in [0.1, 0.15) is 0 Å². The van der Waals surface area contributed by atoms with Gasteiger partial charge in [0.05, 0.1) is 5.92 Å². The number of carbonyl (C=O) groups is 2. The van der Waals surface area contributed by atoms with E-state index in [-0.39, 0.29) is 23.3 Å². The van der Waals surface area contributed by atoms with Gasteiger partial charge in [0.2, 0.25) is 11.8 Å². The zero-order valence-electron chi connectivity index (χ0n) is 10.9. The van der Waals surface area contributed by atoms with Crippen LogP contribution in [0.5, 0.6) is 0 Å². The van der Waals surface area contributed by atoms with Crippen molar-refractivity contribution in [2.24, 2.45) is 17.4 Å². The second-order valence-electron chi connectivity index (χ2n) is 5.83. The van der Waals surface area contributed by atoms with Crippen LogP contribution in [-0.4, -0.2) is 35.3 Å². The van der Waals surface area contributed by atoms with Gasteiger partial charge in [-0.05, 0) is 25.7 Å². The van der Waals surface area contributed by atoms with Gasteiger partial charge in [-0.3, -0.25) is 9.59 Å². The molecule has 5 heteroatoms. The van der Waals surface area contributed by atoms with Crippen LogP contribution >= 0.6 is 0 Å². The van der Waals surface area contributed by atoms with Crippen molar-refractivity contribution in [3.63, 3.8) is 0 Å². The average molecular weight is 253 g/mol. The van der Waals surface area contributed by atoms with Gasteiger partial charge in [-0.25, -0.2) is 0 Å². The maximum absolute atomic E-state index is 12.2. The van der Waals surface area contributed by atoms with Crippen LogP contribution in [0.3, 0.4) is 0 Å². The Bertz CT molecular complexity index is 337. The van der Waals surface area contributed by atoms with Gasteiger partial charge in [-0.15, -0.1) is 0 Å². The largest absolute Gasteiger partial charge is 0.369 e. The summed E-state index contributed by atoms with van der Waals surface area (Å²) < 4.78 is 0. The number of hydrogen-bond acceptors (Lipinski definition) is 3. The molecule has 2 fully saturated rings. The van der Waals surface area contributed by atoms with Gasteiger partial charge in [-0.1, -0.05) is 12.8 Å². The molecule has 1 unspecified atom stereocenters. The third kappa shape index (κ3) is 3.02. The summed E-state index contributed by atoms with van der Waals surface area (Å²) in [6, 6.07) is 0. The Morgan fingerprint density at radius 2 is 1.89 bits per heavy atom. The summed E-state index contributed by atoms with van der Waals surface area (Å²) >= 11 is 0. The summed E-state index contributed by atoms with van der Waals surface area (Å²) in [5.41, 5.74) is 11.2. The van der Waals surface area contributed by atoms with Crippen LogP contribution in [0.25, 0.3) is 0 Å². The molecule has 1 aliphatic carbocycles. The smallest absolute Gasteiger partial charge is 0.224 e. The monoisotopic (exact) mass is 253 g/mol. The molecule has 2 rings (SSSR count). The number of nitrogens with zero attached hydrogens (tertiary/aromatic N) is 1. The van der Waals surface area contributed by atoms with Gasteiger partial charge in [0.15, 0.2) is 0 Å². The average Bonchev–Trinajstić information content (AvgIpc) is 2.76. The first-order valence-electron chi connectivity index (χ1n) is 6.86. The van der Waals surface area contributed by atoms with Crippen molar-refractivity contribution in [1.82, 2.24) is 4.90 Å². The van der Waals surface area contributed by atoms with Crippen molar-refractivity contribution in [1.29, 1.82) is 0 Å². The molecule has 0 aromatic rings. The highest BCUT2D eigenvalue weighted by atomic mass is 16.2. The third-order valence-corrected chi connectivity index (χ3v) is 4.28. The summed E-state index contributed by atoms with van der Waals surface area (Å²) in [6.07, 6.45) is 6.18. The van der Waals surface area contributed by atoms with E-state index in [1.165, 1.54) is 0 Å². The maximum atomic E-state index is 12.2. The number of carbonyl (C=O) groups excluding carboxylic acids is 2. The standard InChI is InChI=1S/C13H23N3O2/c14-12(18)10-4-3-7-16(9-10)11(17)8-13(15)5-1-2-6-13/h10H,1-9,15H2,(H2,14,18). The lowest BCUT2D eigenvalue weighted by atomic mass is 9.92. The van der Waals surface area contributed by atoms with E-state index in [9.17, 15) is 9.59 Å². The van der Waals surface area contributed by atoms with Crippen LogP contribution in [0.4, 0.5) is 0 Å². The van der Waals surface area contributed by atoms with E-state index in [0.29, 0.717) is 13.0 Å². The summed E-state index contributed by atoms with van der Waals surface area (Å²) in [7, 11) is 0. The van der Waals surface area contributed by atoms with Crippen molar-refractivity contribution in [3.05, 3.63) is 0 Å². The second-order valence-corrected chi connectivity index (χ2v) is 5.83. The first kappa shape index (κ1) is 13.3. The van der Waals surface area contributed by atoms with E-state index >= 15 is 0 Å². The second kappa shape index (κ2) is 5.26. The summed E-state index contributed by atoms with van der Waals surface area (Å²) in [4.78, 5) is 25.2. The van der Waals surface area contributed by atoms with E-state index in [1.54, 1.807) is 4.90 Å². The highest BCUT2D eigenvalue weighted by Gasteiger charge is 2.35. The van der Waals surface area contributed by atoms with Gasteiger partial charge in [0.25, 0.3) is 0 Å². The minimum atomic E-state index is -0.309. The van der Waals surface area contributed by atoms with Crippen LogP contribution in [0.1, 0.15) is 44.9 Å². The molecule has 0 radical (unpaired) electrons. The Morgan fingerprint density at radius 1 is 1.22 bits per heavy atom. The quantitative estimate of drug-likeness (QED) is 0.761. The first-order chi connectivity index (χ1) is 8.50. The van der Waals surface area contributed by atoms with Gasteiger partial charge in [-0.2, -0.15) is 0 Å². The van der Waals surface area contributed by atoms with Crippen molar-refractivity contribution in [2.45, 2.75) is 50.5 Å². The fourth-order valence-electron chi connectivity index (χ4n) is 3.10. The predicted octanol–water partition coefficient (Wildman–Crippen LogP) is 0.372. The molecule has 4 N–H and O–H groups in total. The molecule has 1 saturated heterocycles. The van der Waals surface area contributed by atoms with E-state index in [4.69, 9.17) is 11.5 Å². The molecule has 18 heavy (non-hydrogen) atoms. The normalized spacial score (nSPS) is 27.2. The van der Waals surface area contributed by atoms with Crippen molar-refractivity contribution in [2.75, 3.05) is 13.1 Å². The Balaban J connectivity index is 1.90. The molecule has 0 spiro atoms. The van der Waals surface area contributed by atoms with E-state index in [0.717, 1.165) is 45.1 Å². The molecule has 1 atom stereocenters. The number of likely N-dealkylation sites (tertiary alicyclic amines) is 1. The molecule has 2 aliphatic rings. The molecule has 0 aromatic carbocycles. The van der Waals surface area contributed by atoms with Crippen molar-refractivity contribution >= 4 is 11.8 Å². The molecule has 5 nitrogen and oxygen atoms in total. The number of primary amides is 1. The van der Waals surface area contributed by atoms with E-state index in [1.807, 2.05) is 0 Å². The first-order valence-corrected chi connectivity index (χ1v) is 6.86. The highest BCUT2D eigenvalue weighted by Crippen LogP contribution is 2.31. The summed E-state index contributed by atoms with van der Waals surface area (Å²) in [5, 5.41) is 0. The topological polar surface area (TPSA) is 89.4 Å². The molecular formula is C13H23N3O2. The SMILES string of the molecule is NC(=O)C1CCCN(C(=O)CC2(N)CCCC2)C1. The van der Waals surface area contributed by atoms with Gasteiger partial charge in [0, 0.05) is 25.0 Å². The van der Waals surface area contributed by atoms with Crippen LogP contribution in [0, 0.1) is 5.92 Å². The fraction of sp³-hybridized carbons (Fsp3) is 0.846. The Kier molecular flexibility index (Phi) is 3.90. The predicted molar refractivity (Wildman–Crippen MR) is 68.5 cm³/mol. The molecule has 2 amide bonds. The third-order valence-electron chi connectivity index (χ3n) is 4.28. The van der Waals surface area contributed by atoms with E-state index in [2.05, 4.69) is 0 Å². The lowest BCUT2D eigenvalue weighted by molar-refractivity contribution is -0.136. The van der Waals surface area contributed by atoms with Crippen LogP contribution in [0.15, 0.2) is 0 Å². The van der Waals surface area contributed by atoms with Crippen molar-refractivity contribution in [3.8, 4) is 0 Å². The van der Waals surface area contributed by atoms with Gasteiger partial charge < -0.3 is 16.4 Å². The van der Waals surface area contributed by atoms with Crippen molar-refractivity contribution < 1.29 is 9.59 Å². The maximum Gasteiger partial charge on any atom is 0.224 e. The molecular weight excluding hydrogens is 230 g/mol. The number of rotatable bonds is 3. The van der Waals surface area contributed by atoms with Crippen LogP contribution < -0.4 is 11.5 Å². The Morgan fingerprint density at radius 3 is 2.50 bits per heavy atom. The molecule has 0 aromatic heterocycles. The number of nitrogens with two attached hydrogens (primary N) is 2. The molecule has 0 bridgehead atoms. The van der Waals surface area contributed by atoms with Crippen LogP contribution in [0.2, 0.25) is 0 Å². The molecule has 1 saturated carbocycles. The lowest BCUT2D eigenvalue weighted by Crippen LogP contribution is -2.48. The number of amides is 2. The molecule has 102 valence electrons. The summed E-state index contributed by atoms with van der Waals surface area (Å²) in [5.74, 6) is -0.388. The minimum absolute atomic E-state index is 0.0883. The Labute approximate surface area is 108 Å². The zero-order chi connectivity index (χ0) is 13.2. The Hall–Kier alpha value is -1.10. The summed E-state index contributed by atoms with van der Waals surface area (Å²) in [6.45, 7) is 1.21. The number of hydrogen-bond donors (Lipinski definition) is 2. The molecule has 1 aliphatic heterocycles. The minimum Gasteiger partial charge on any atom is -0.369 e. The fourth-order valence-corrected chi connectivity index (χ4v) is 3.10. The van der Waals surface area contributed by atoms with Crippen LogP contribution in [-0.2, 0) is 9.59 Å². The van der Waals surface area contributed by atoms with E-state index < -0.39 is 0 Å². The highest BCUT2D eigenvalue weighted by molar-refractivity contribution is 5.80.